The zero-order chi connectivity index (χ0) is 18.4. The van der Waals surface area contributed by atoms with E-state index in [9.17, 15) is 14.7 Å². The predicted molar refractivity (Wildman–Crippen MR) is 92.5 cm³/mol. The van der Waals surface area contributed by atoms with Crippen molar-refractivity contribution in [1.29, 1.82) is 0 Å². The summed E-state index contributed by atoms with van der Waals surface area (Å²) in [6.07, 6.45) is 4.64. The van der Waals surface area contributed by atoms with Crippen LogP contribution in [0.5, 0.6) is 0 Å². The van der Waals surface area contributed by atoms with Gasteiger partial charge in [0.25, 0.3) is 0 Å². The van der Waals surface area contributed by atoms with Crippen molar-refractivity contribution in [3.63, 3.8) is 0 Å². The number of aliphatic hydroxyl groups is 1. The normalized spacial score (nSPS) is 38.1. The van der Waals surface area contributed by atoms with Crippen LogP contribution in [0.1, 0.15) is 53.4 Å². The largest absolute Gasteiger partial charge is 0.459 e. The van der Waals surface area contributed by atoms with E-state index in [1.54, 1.807) is 13.0 Å². The number of ether oxygens (including phenoxy) is 2. The number of allylic oxidation sites excluding steroid dienone is 1. The lowest BCUT2D eigenvalue weighted by atomic mass is 9.54. The van der Waals surface area contributed by atoms with Crippen molar-refractivity contribution in [1.82, 2.24) is 0 Å². The number of hydrogen-bond donors (Lipinski definition) is 1. The molecule has 0 bridgehead atoms. The number of esters is 2. The smallest absolute Gasteiger partial charge is 0.336 e. The van der Waals surface area contributed by atoms with Gasteiger partial charge in [0.15, 0.2) is 0 Å². The van der Waals surface area contributed by atoms with Crippen molar-refractivity contribution in [2.45, 2.75) is 65.6 Å². The van der Waals surface area contributed by atoms with Crippen molar-refractivity contribution in [2.75, 3.05) is 6.61 Å². The van der Waals surface area contributed by atoms with Crippen LogP contribution in [0, 0.1) is 17.3 Å². The molecule has 5 nitrogen and oxygen atoms in total. The molecule has 25 heavy (non-hydrogen) atoms. The van der Waals surface area contributed by atoms with E-state index in [1.165, 1.54) is 5.57 Å². The molecular formula is C20H28O5. The fraction of sp³-hybridized carbons (Fsp3) is 0.700. The van der Waals surface area contributed by atoms with Gasteiger partial charge in [0.05, 0.1) is 12.2 Å². The van der Waals surface area contributed by atoms with Crippen LogP contribution < -0.4 is 0 Å². The van der Waals surface area contributed by atoms with E-state index in [4.69, 9.17) is 9.47 Å². The first-order chi connectivity index (χ1) is 11.8. The van der Waals surface area contributed by atoms with Crippen LogP contribution in [0.25, 0.3) is 0 Å². The van der Waals surface area contributed by atoms with Crippen molar-refractivity contribution in [3.05, 3.63) is 22.8 Å². The van der Waals surface area contributed by atoms with Gasteiger partial charge in [0.1, 0.15) is 12.2 Å². The summed E-state index contributed by atoms with van der Waals surface area (Å²) in [5.74, 6) is 0.123. The molecule has 0 amide bonds. The lowest BCUT2D eigenvalue weighted by Gasteiger charge is -2.52. The molecule has 0 aromatic carbocycles. The van der Waals surface area contributed by atoms with Crippen molar-refractivity contribution in [2.24, 2.45) is 17.3 Å². The number of carbonyl (C=O) groups excluding carboxylic acids is 2. The lowest BCUT2D eigenvalue weighted by Crippen LogP contribution is -2.48. The highest BCUT2D eigenvalue weighted by atomic mass is 16.6. The molecule has 0 spiro atoms. The van der Waals surface area contributed by atoms with Crippen molar-refractivity contribution in [3.8, 4) is 0 Å². The molecule has 2 saturated carbocycles. The summed E-state index contributed by atoms with van der Waals surface area (Å²) in [5.41, 5.74) is 2.36. The minimum Gasteiger partial charge on any atom is -0.459 e. The number of rotatable bonds is 3. The molecule has 0 aromatic heterocycles. The fourth-order valence-electron chi connectivity index (χ4n) is 4.80. The van der Waals surface area contributed by atoms with Crippen LogP contribution in [0.4, 0.5) is 0 Å². The summed E-state index contributed by atoms with van der Waals surface area (Å²) < 4.78 is 11.2. The Morgan fingerprint density at radius 3 is 2.76 bits per heavy atom. The van der Waals surface area contributed by atoms with E-state index in [0.717, 1.165) is 31.3 Å². The minimum atomic E-state index is -0.426. The number of hydrogen-bond acceptors (Lipinski definition) is 5. The second kappa shape index (κ2) is 6.60. The Hall–Kier alpha value is -1.62. The third-order valence-corrected chi connectivity index (χ3v) is 6.77. The molecule has 3 aliphatic rings. The Balaban J connectivity index is 1.75. The molecule has 1 heterocycles. The maximum Gasteiger partial charge on any atom is 0.336 e. The molecule has 2 fully saturated rings. The third-order valence-electron chi connectivity index (χ3n) is 6.77. The van der Waals surface area contributed by atoms with Gasteiger partial charge in [-0.1, -0.05) is 19.9 Å². The van der Waals surface area contributed by atoms with Crippen LogP contribution in [-0.2, 0) is 19.1 Å². The Morgan fingerprint density at radius 1 is 1.40 bits per heavy atom. The third kappa shape index (κ3) is 3.03. The first-order valence-corrected chi connectivity index (χ1v) is 9.17. The van der Waals surface area contributed by atoms with E-state index in [1.807, 2.05) is 6.92 Å². The van der Waals surface area contributed by atoms with E-state index < -0.39 is 5.97 Å². The maximum absolute atomic E-state index is 12.2. The van der Waals surface area contributed by atoms with E-state index in [2.05, 4.69) is 13.8 Å². The minimum absolute atomic E-state index is 0.101. The highest BCUT2D eigenvalue weighted by Crippen LogP contribution is 2.57. The van der Waals surface area contributed by atoms with E-state index >= 15 is 0 Å². The number of aliphatic hydroxyl groups excluding tert-OH is 1. The van der Waals surface area contributed by atoms with Crippen LogP contribution in [0.2, 0.25) is 0 Å². The summed E-state index contributed by atoms with van der Waals surface area (Å²) in [5, 5.41) is 9.24. The number of carbonyl (C=O) groups is 2. The van der Waals surface area contributed by atoms with Gasteiger partial charge in [-0.2, -0.15) is 0 Å². The predicted octanol–water partition coefficient (Wildman–Crippen LogP) is 2.92. The zero-order valence-electron chi connectivity index (χ0n) is 15.5. The fourth-order valence-corrected chi connectivity index (χ4v) is 4.80. The molecule has 5 atom stereocenters. The molecule has 0 aromatic rings. The van der Waals surface area contributed by atoms with Gasteiger partial charge >= 0.3 is 11.9 Å². The summed E-state index contributed by atoms with van der Waals surface area (Å²) >= 11 is 0. The highest BCUT2D eigenvalue weighted by Gasteiger charge is 2.53. The molecule has 1 N–H and O–H groups in total. The molecule has 5 heteroatoms. The highest BCUT2D eigenvalue weighted by molar-refractivity contribution is 5.91. The molecule has 1 aliphatic heterocycles. The molecule has 3 rings (SSSR count). The zero-order valence-corrected chi connectivity index (χ0v) is 15.5. The Kier molecular flexibility index (Phi) is 4.80. The molecule has 5 unspecified atom stereocenters. The van der Waals surface area contributed by atoms with E-state index in [-0.39, 0.29) is 30.2 Å². The molecule has 0 saturated heterocycles. The van der Waals surface area contributed by atoms with Crippen LogP contribution in [-0.4, -0.2) is 35.9 Å². The number of fused-ring (bicyclic) bond motifs is 2. The van der Waals surface area contributed by atoms with Crippen molar-refractivity contribution >= 4 is 11.9 Å². The molecule has 138 valence electrons. The van der Waals surface area contributed by atoms with Gasteiger partial charge in [-0.3, -0.25) is 0 Å². The van der Waals surface area contributed by atoms with Crippen LogP contribution in [0.3, 0.4) is 0 Å². The Bertz CT molecular complexity index is 646. The Morgan fingerprint density at radius 2 is 2.12 bits per heavy atom. The summed E-state index contributed by atoms with van der Waals surface area (Å²) in [4.78, 5) is 24.1. The van der Waals surface area contributed by atoms with Crippen molar-refractivity contribution < 1.29 is 24.2 Å². The van der Waals surface area contributed by atoms with Crippen LogP contribution >= 0.6 is 0 Å². The quantitative estimate of drug-likeness (QED) is 0.627. The average Bonchev–Trinajstić information content (AvgIpc) is 2.82. The topological polar surface area (TPSA) is 72.8 Å². The molecule has 2 aliphatic carbocycles. The summed E-state index contributed by atoms with van der Waals surface area (Å²) in [7, 11) is 0. The standard InChI is InChI=1S/C20H28O5/c1-5-13(10-21)19(23)24-15-6-11(2)20(4)9-16-12(3)18(22)25-17(16)8-14(20)7-15/h5,11,14-15,17,21H,6-10H2,1-4H3. The molecule has 0 radical (unpaired) electrons. The maximum atomic E-state index is 12.2. The second-order valence-corrected chi connectivity index (χ2v) is 8.03. The van der Waals surface area contributed by atoms with Gasteiger partial charge in [0, 0.05) is 5.57 Å². The molecular weight excluding hydrogens is 320 g/mol. The van der Waals surface area contributed by atoms with Crippen LogP contribution in [0.15, 0.2) is 22.8 Å². The second-order valence-electron chi connectivity index (χ2n) is 8.03. The van der Waals surface area contributed by atoms with Gasteiger partial charge < -0.3 is 14.6 Å². The first-order valence-electron chi connectivity index (χ1n) is 9.17. The lowest BCUT2D eigenvalue weighted by molar-refractivity contribution is -0.154. The Labute approximate surface area is 149 Å². The average molecular weight is 348 g/mol. The van der Waals surface area contributed by atoms with Gasteiger partial charge in [0.2, 0.25) is 0 Å². The van der Waals surface area contributed by atoms with Gasteiger partial charge in [-0.15, -0.1) is 0 Å². The van der Waals surface area contributed by atoms with Gasteiger partial charge in [-0.05, 0) is 62.4 Å². The summed E-state index contributed by atoms with van der Waals surface area (Å²) in [6.45, 7) is 7.80. The first kappa shape index (κ1) is 18.2. The van der Waals surface area contributed by atoms with E-state index in [0.29, 0.717) is 17.4 Å². The monoisotopic (exact) mass is 348 g/mol. The SMILES string of the molecule is CC=C(CO)C(=O)OC1CC(C)C2(C)CC3=C(C)C(=O)OC3CC2C1. The summed E-state index contributed by atoms with van der Waals surface area (Å²) in [6, 6.07) is 0. The van der Waals surface area contributed by atoms with Gasteiger partial charge in [-0.25, -0.2) is 9.59 Å².